The van der Waals surface area contributed by atoms with Gasteiger partial charge in [-0.05, 0) is 30.5 Å². The number of carbonyl (C=O) groups is 1. The first-order valence-corrected chi connectivity index (χ1v) is 8.15. The fourth-order valence-corrected chi connectivity index (χ4v) is 4.22. The number of H-pyrrole nitrogens is 1. The van der Waals surface area contributed by atoms with Crippen molar-refractivity contribution >= 4 is 26.8 Å². The van der Waals surface area contributed by atoms with E-state index in [9.17, 15) is 13.2 Å². The summed E-state index contributed by atoms with van der Waals surface area (Å²) in [5.41, 5.74) is 1.82. The fraction of sp³-hybridized carbons (Fsp3) is 0.417. The number of rotatable bonds is 3. The van der Waals surface area contributed by atoms with E-state index in [2.05, 4.69) is 20.7 Å². The number of fused-ring (bicyclic) bond motifs is 1. The first-order chi connectivity index (χ1) is 9.53. The van der Waals surface area contributed by atoms with Crippen molar-refractivity contribution in [2.24, 2.45) is 5.92 Å². The predicted molar refractivity (Wildman–Crippen MR) is 73.0 cm³/mol. The van der Waals surface area contributed by atoms with Crippen LogP contribution in [0.4, 0.5) is 0 Å². The number of nitrogens with one attached hydrogen (secondary N) is 2. The SMILES string of the molecule is O=C(NC[C@@H]1CCS(=O)(=O)C1)c1ccc2n[nH]nc2c1. The van der Waals surface area contributed by atoms with Crippen molar-refractivity contribution in [3.63, 3.8) is 0 Å². The molecule has 2 N–H and O–H groups in total. The van der Waals surface area contributed by atoms with Gasteiger partial charge in [0.1, 0.15) is 11.0 Å². The van der Waals surface area contributed by atoms with E-state index in [0.29, 0.717) is 29.6 Å². The number of hydrogen-bond donors (Lipinski definition) is 2. The Hall–Kier alpha value is -1.96. The van der Waals surface area contributed by atoms with Crippen molar-refractivity contribution in [1.29, 1.82) is 0 Å². The molecule has 0 radical (unpaired) electrons. The molecule has 0 aliphatic carbocycles. The maximum Gasteiger partial charge on any atom is 0.251 e. The number of carbonyl (C=O) groups excluding carboxylic acids is 1. The minimum atomic E-state index is -2.90. The zero-order chi connectivity index (χ0) is 14.2. The highest BCUT2D eigenvalue weighted by atomic mass is 32.2. The van der Waals surface area contributed by atoms with Crippen molar-refractivity contribution in [2.45, 2.75) is 6.42 Å². The molecular formula is C12H14N4O3S. The molecule has 0 bridgehead atoms. The highest BCUT2D eigenvalue weighted by Crippen LogP contribution is 2.17. The topological polar surface area (TPSA) is 105 Å². The van der Waals surface area contributed by atoms with E-state index in [-0.39, 0.29) is 23.3 Å². The average molecular weight is 294 g/mol. The van der Waals surface area contributed by atoms with E-state index < -0.39 is 9.84 Å². The molecule has 1 aliphatic heterocycles. The van der Waals surface area contributed by atoms with Crippen molar-refractivity contribution < 1.29 is 13.2 Å². The molecule has 8 heteroatoms. The molecule has 1 aromatic carbocycles. The van der Waals surface area contributed by atoms with Crippen LogP contribution in [-0.2, 0) is 9.84 Å². The molecule has 1 aliphatic rings. The van der Waals surface area contributed by atoms with E-state index in [1.54, 1.807) is 18.2 Å². The Balaban J connectivity index is 1.64. The largest absolute Gasteiger partial charge is 0.352 e. The minimum absolute atomic E-state index is 0.0136. The quantitative estimate of drug-likeness (QED) is 0.836. The third-order valence-corrected chi connectivity index (χ3v) is 5.29. The lowest BCUT2D eigenvalue weighted by Gasteiger charge is -2.09. The van der Waals surface area contributed by atoms with Crippen LogP contribution < -0.4 is 5.32 Å². The van der Waals surface area contributed by atoms with E-state index in [1.165, 1.54) is 0 Å². The van der Waals surface area contributed by atoms with Gasteiger partial charge in [0.05, 0.1) is 11.5 Å². The van der Waals surface area contributed by atoms with Crippen LogP contribution in [0.2, 0.25) is 0 Å². The highest BCUT2D eigenvalue weighted by molar-refractivity contribution is 7.91. The van der Waals surface area contributed by atoms with Crippen molar-refractivity contribution in [3.8, 4) is 0 Å². The van der Waals surface area contributed by atoms with Crippen molar-refractivity contribution in [2.75, 3.05) is 18.1 Å². The molecule has 2 aromatic rings. The van der Waals surface area contributed by atoms with Crippen LogP contribution in [0, 0.1) is 5.92 Å². The summed E-state index contributed by atoms with van der Waals surface area (Å²) in [6.45, 7) is 0.384. The molecule has 2 heterocycles. The summed E-state index contributed by atoms with van der Waals surface area (Å²) in [7, 11) is -2.90. The maximum atomic E-state index is 12.0. The molecule has 1 amide bonds. The van der Waals surface area contributed by atoms with Crippen LogP contribution in [-0.4, -0.2) is 47.8 Å². The van der Waals surface area contributed by atoms with Gasteiger partial charge >= 0.3 is 0 Å². The molecule has 0 saturated carbocycles. The van der Waals surface area contributed by atoms with Gasteiger partial charge in [-0.1, -0.05) is 0 Å². The monoisotopic (exact) mass is 294 g/mol. The Morgan fingerprint density at radius 1 is 1.35 bits per heavy atom. The van der Waals surface area contributed by atoms with Gasteiger partial charge in [-0.3, -0.25) is 4.79 Å². The van der Waals surface area contributed by atoms with Gasteiger partial charge in [0.25, 0.3) is 5.91 Å². The van der Waals surface area contributed by atoms with Gasteiger partial charge in [0.15, 0.2) is 9.84 Å². The van der Waals surface area contributed by atoms with E-state index >= 15 is 0 Å². The van der Waals surface area contributed by atoms with Crippen LogP contribution in [0.15, 0.2) is 18.2 Å². The Kier molecular flexibility index (Phi) is 3.17. The lowest BCUT2D eigenvalue weighted by atomic mass is 10.1. The summed E-state index contributed by atoms with van der Waals surface area (Å²) < 4.78 is 22.7. The standard InChI is InChI=1S/C12H14N4O3S/c17-12(13-6-8-3-4-20(18,19)7-8)9-1-2-10-11(5-9)15-16-14-10/h1-2,5,8H,3-4,6-7H2,(H,13,17)(H,14,15,16)/t8-/m0/s1. The Morgan fingerprint density at radius 2 is 2.15 bits per heavy atom. The molecule has 1 atom stereocenters. The minimum Gasteiger partial charge on any atom is -0.352 e. The smallest absolute Gasteiger partial charge is 0.251 e. The van der Waals surface area contributed by atoms with E-state index in [1.807, 2.05) is 0 Å². The molecule has 3 rings (SSSR count). The van der Waals surface area contributed by atoms with Gasteiger partial charge in [-0.25, -0.2) is 8.42 Å². The number of amides is 1. The summed E-state index contributed by atoms with van der Waals surface area (Å²) >= 11 is 0. The van der Waals surface area contributed by atoms with Gasteiger partial charge in [0, 0.05) is 12.1 Å². The van der Waals surface area contributed by atoms with E-state index in [0.717, 1.165) is 0 Å². The molecule has 7 nitrogen and oxygen atoms in total. The summed E-state index contributed by atoms with van der Waals surface area (Å²) in [4.78, 5) is 12.0. The molecular weight excluding hydrogens is 280 g/mol. The Morgan fingerprint density at radius 3 is 2.90 bits per heavy atom. The second-order valence-electron chi connectivity index (χ2n) is 5.01. The van der Waals surface area contributed by atoms with Gasteiger partial charge in [0.2, 0.25) is 0 Å². The zero-order valence-corrected chi connectivity index (χ0v) is 11.5. The third kappa shape index (κ3) is 2.64. The summed E-state index contributed by atoms with van der Waals surface area (Å²) in [6.07, 6.45) is 0.616. The lowest BCUT2D eigenvalue weighted by molar-refractivity contribution is 0.0948. The number of aromatic amines is 1. The molecule has 20 heavy (non-hydrogen) atoms. The fourth-order valence-electron chi connectivity index (χ4n) is 2.35. The predicted octanol–water partition coefficient (Wildman–Crippen LogP) is 0.122. The second kappa shape index (κ2) is 4.86. The number of nitrogens with zero attached hydrogens (tertiary/aromatic N) is 2. The third-order valence-electron chi connectivity index (χ3n) is 3.46. The van der Waals surface area contributed by atoms with Crippen LogP contribution in [0.5, 0.6) is 0 Å². The van der Waals surface area contributed by atoms with Gasteiger partial charge in [-0.2, -0.15) is 15.4 Å². The average Bonchev–Trinajstić information content (AvgIpc) is 3.01. The van der Waals surface area contributed by atoms with Crippen LogP contribution in [0.25, 0.3) is 11.0 Å². The van der Waals surface area contributed by atoms with Crippen molar-refractivity contribution in [1.82, 2.24) is 20.7 Å². The van der Waals surface area contributed by atoms with Crippen molar-refractivity contribution in [3.05, 3.63) is 23.8 Å². The maximum absolute atomic E-state index is 12.0. The summed E-state index contributed by atoms with van der Waals surface area (Å²) in [5, 5.41) is 13.1. The second-order valence-corrected chi connectivity index (χ2v) is 7.23. The Labute approximate surface area is 115 Å². The molecule has 0 spiro atoms. The number of aromatic nitrogens is 3. The summed E-state index contributed by atoms with van der Waals surface area (Å²) in [5.74, 6) is 0.174. The highest BCUT2D eigenvalue weighted by Gasteiger charge is 2.27. The first kappa shape index (κ1) is 13.0. The normalized spacial score (nSPS) is 21.1. The number of hydrogen-bond acceptors (Lipinski definition) is 5. The molecule has 1 saturated heterocycles. The zero-order valence-electron chi connectivity index (χ0n) is 10.7. The summed E-state index contributed by atoms with van der Waals surface area (Å²) in [6, 6.07) is 5.04. The van der Waals surface area contributed by atoms with Gasteiger partial charge < -0.3 is 5.32 Å². The lowest BCUT2D eigenvalue weighted by Crippen LogP contribution is -2.29. The van der Waals surface area contributed by atoms with Crippen LogP contribution >= 0.6 is 0 Å². The molecule has 106 valence electrons. The molecule has 0 unspecified atom stereocenters. The van der Waals surface area contributed by atoms with E-state index in [4.69, 9.17) is 0 Å². The number of benzene rings is 1. The molecule has 1 aromatic heterocycles. The first-order valence-electron chi connectivity index (χ1n) is 6.33. The Bertz CT molecular complexity index is 753. The van der Waals surface area contributed by atoms with Gasteiger partial charge in [-0.15, -0.1) is 0 Å². The number of sulfone groups is 1. The molecule has 1 fully saturated rings. The van der Waals surface area contributed by atoms with Crippen LogP contribution in [0.3, 0.4) is 0 Å². The van der Waals surface area contributed by atoms with Crippen LogP contribution in [0.1, 0.15) is 16.8 Å².